The molecule has 0 saturated carbocycles. The molecule has 2 unspecified atom stereocenters. The Labute approximate surface area is 213 Å². The van der Waals surface area contributed by atoms with E-state index in [1.165, 1.54) is 5.56 Å². The number of ether oxygens (including phenoxy) is 4. The highest BCUT2D eigenvalue weighted by atomic mass is 16.6. The Morgan fingerprint density at radius 2 is 1.78 bits per heavy atom. The number of methoxy groups -OCH3 is 1. The van der Waals surface area contributed by atoms with Crippen LogP contribution in [-0.2, 0) is 16.0 Å². The van der Waals surface area contributed by atoms with Crippen molar-refractivity contribution in [2.24, 2.45) is 0 Å². The standard InChI is InChI=1S/C30H35NO5/c1-5-6-18-34-27-25-19-23(31-20-21-10-8-7-9-11-21)14-17-26(25)36-30(2,3)28(27)35-29(32)22-12-15-24(33-4)16-13-22/h7-17,19,27-28,31H,5-6,18,20H2,1-4H3. The number of hydrogen-bond donors (Lipinski definition) is 1. The Morgan fingerprint density at radius 3 is 2.47 bits per heavy atom. The number of carbonyl (C=O) groups excluding carboxylic acids is 1. The molecule has 1 N–H and O–H groups in total. The molecule has 6 nitrogen and oxygen atoms in total. The first-order valence-electron chi connectivity index (χ1n) is 12.5. The number of unbranched alkanes of at least 4 members (excludes halogenated alkanes) is 1. The molecule has 1 heterocycles. The lowest BCUT2D eigenvalue weighted by molar-refractivity contribution is -0.140. The van der Waals surface area contributed by atoms with Crippen LogP contribution in [0.15, 0.2) is 72.8 Å². The van der Waals surface area contributed by atoms with Crippen molar-refractivity contribution in [1.29, 1.82) is 0 Å². The van der Waals surface area contributed by atoms with Gasteiger partial charge in [0.2, 0.25) is 0 Å². The number of fused-ring (bicyclic) bond motifs is 1. The third kappa shape index (κ3) is 6.00. The third-order valence-corrected chi connectivity index (χ3v) is 6.34. The Bertz CT molecular complexity index is 1140. The minimum absolute atomic E-state index is 0.426. The van der Waals surface area contributed by atoms with Crippen LogP contribution in [0.4, 0.5) is 5.69 Å². The van der Waals surface area contributed by atoms with Gasteiger partial charge in [-0.25, -0.2) is 4.79 Å². The predicted octanol–water partition coefficient (Wildman–Crippen LogP) is 6.56. The second-order valence-electron chi connectivity index (χ2n) is 9.50. The number of hydrogen-bond acceptors (Lipinski definition) is 6. The number of benzene rings is 3. The summed E-state index contributed by atoms with van der Waals surface area (Å²) in [6.45, 7) is 7.25. The Balaban J connectivity index is 1.60. The maximum Gasteiger partial charge on any atom is 0.338 e. The van der Waals surface area contributed by atoms with Crippen LogP contribution >= 0.6 is 0 Å². The van der Waals surface area contributed by atoms with E-state index in [0.29, 0.717) is 24.5 Å². The van der Waals surface area contributed by atoms with Crippen molar-refractivity contribution in [2.75, 3.05) is 19.0 Å². The normalized spacial score (nSPS) is 18.0. The zero-order chi connectivity index (χ0) is 25.5. The molecule has 0 radical (unpaired) electrons. The molecule has 6 heteroatoms. The van der Waals surface area contributed by atoms with Crippen LogP contribution in [0.1, 0.15) is 61.2 Å². The fourth-order valence-electron chi connectivity index (χ4n) is 4.29. The molecule has 0 aromatic heterocycles. The van der Waals surface area contributed by atoms with Gasteiger partial charge in [-0.1, -0.05) is 43.7 Å². The lowest BCUT2D eigenvalue weighted by atomic mass is 9.87. The fraction of sp³-hybridized carbons (Fsp3) is 0.367. The van der Waals surface area contributed by atoms with Crippen LogP contribution in [0.3, 0.4) is 0 Å². The van der Waals surface area contributed by atoms with Crippen molar-refractivity contribution in [2.45, 2.75) is 58.0 Å². The number of esters is 1. The molecule has 3 aromatic carbocycles. The minimum atomic E-state index is -0.787. The fourth-order valence-corrected chi connectivity index (χ4v) is 4.29. The van der Waals surface area contributed by atoms with Gasteiger partial charge in [0.05, 0.1) is 12.7 Å². The second kappa shape index (κ2) is 11.5. The van der Waals surface area contributed by atoms with Gasteiger partial charge in [0.25, 0.3) is 0 Å². The van der Waals surface area contributed by atoms with E-state index in [-0.39, 0.29) is 0 Å². The van der Waals surface area contributed by atoms with Crippen LogP contribution in [0.5, 0.6) is 11.5 Å². The minimum Gasteiger partial charge on any atom is -0.497 e. The van der Waals surface area contributed by atoms with Gasteiger partial charge in [-0.15, -0.1) is 0 Å². The quantitative estimate of drug-likeness (QED) is 0.257. The maximum absolute atomic E-state index is 13.1. The molecule has 4 rings (SSSR count). The van der Waals surface area contributed by atoms with E-state index in [9.17, 15) is 4.79 Å². The molecule has 1 aliphatic rings. The van der Waals surface area contributed by atoms with Gasteiger partial charge in [-0.3, -0.25) is 0 Å². The topological polar surface area (TPSA) is 66.0 Å². The Morgan fingerprint density at radius 1 is 1.03 bits per heavy atom. The van der Waals surface area contributed by atoms with E-state index in [2.05, 4.69) is 24.4 Å². The smallest absolute Gasteiger partial charge is 0.338 e. The zero-order valence-electron chi connectivity index (χ0n) is 21.5. The van der Waals surface area contributed by atoms with Gasteiger partial charge in [0, 0.05) is 24.4 Å². The molecule has 3 aromatic rings. The van der Waals surface area contributed by atoms with Crippen molar-refractivity contribution >= 4 is 11.7 Å². The van der Waals surface area contributed by atoms with Gasteiger partial charge in [0.15, 0.2) is 6.10 Å². The predicted molar refractivity (Wildman–Crippen MR) is 141 cm³/mol. The highest BCUT2D eigenvalue weighted by Crippen LogP contribution is 2.44. The monoisotopic (exact) mass is 489 g/mol. The van der Waals surface area contributed by atoms with Gasteiger partial charge in [-0.2, -0.15) is 0 Å². The van der Waals surface area contributed by atoms with Crippen molar-refractivity contribution in [3.8, 4) is 11.5 Å². The molecule has 190 valence electrons. The zero-order valence-corrected chi connectivity index (χ0v) is 21.5. The molecule has 0 fully saturated rings. The number of carbonyl (C=O) groups is 1. The number of rotatable bonds is 10. The maximum atomic E-state index is 13.1. The molecule has 2 atom stereocenters. The molecule has 36 heavy (non-hydrogen) atoms. The molecule has 0 bridgehead atoms. The molecular weight excluding hydrogens is 454 g/mol. The van der Waals surface area contributed by atoms with E-state index in [0.717, 1.165) is 29.8 Å². The summed E-state index contributed by atoms with van der Waals surface area (Å²) < 4.78 is 24.0. The van der Waals surface area contributed by atoms with E-state index >= 15 is 0 Å². The first kappa shape index (κ1) is 25.6. The van der Waals surface area contributed by atoms with E-state index in [1.54, 1.807) is 31.4 Å². The number of nitrogens with one attached hydrogen (secondary N) is 1. The lowest BCUT2D eigenvalue weighted by Gasteiger charge is -2.43. The van der Waals surface area contributed by atoms with Gasteiger partial charge >= 0.3 is 5.97 Å². The van der Waals surface area contributed by atoms with Crippen molar-refractivity contribution in [3.05, 3.63) is 89.5 Å². The largest absolute Gasteiger partial charge is 0.497 e. The Kier molecular flexibility index (Phi) is 8.16. The van der Waals surface area contributed by atoms with Crippen molar-refractivity contribution in [3.63, 3.8) is 0 Å². The molecule has 0 saturated heterocycles. The molecular formula is C30H35NO5. The SMILES string of the molecule is CCCCOC1c2cc(NCc3ccccc3)ccc2OC(C)(C)C1OC(=O)c1ccc(OC)cc1. The van der Waals surface area contributed by atoms with Crippen molar-refractivity contribution in [1.82, 2.24) is 0 Å². The summed E-state index contributed by atoms with van der Waals surface area (Å²) in [6, 6.07) is 23.1. The number of anilines is 1. The average molecular weight is 490 g/mol. The highest BCUT2D eigenvalue weighted by Gasteiger charge is 2.47. The molecule has 0 aliphatic carbocycles. The molecule has 0 amide bonds. The van der Waals surface area contributed by atoms with Crippen LogP contribution < -0.4 is 14.8 Å². The Hall–Kier alpha value is -3.51. The lowest BCUT2D eigenvalue weighted by Crippen LogP contribution is -2.51. The second-order valence-corrected chi connectivity index (χ2v) is 9.50. The summed E-state index contributed by atoms with van der Waals surface area (Å²) in [7, 11) is 1.59. The van der Waals surface area contributed by atoms with Crippen LogP contribution in [0, 0.1) is 0 Å². The molecule has 0 spiro atoms. The van der Waals surface area contributed by atoms with E-state index in [4.69, 9.17) is 18.9 Å². The summed E-state index contributed by atoms with van der Waals surface area (Å²) in [5, 5.41) is 3.48. The van der Waals surface area contributed by atoms with Crippen molar-refractivity contribution < 1.29 is 23.7 Å². The summed E-state index contributed by atoms with van der Waals surface area (Å²) >= 11 is 0. The highest BCUT2D eigenvalue weighted by molar-refractivity contribution is 5.89. The first-order valence-corrected chi connectivity index (χ1v) is 12.5. The summed E-state index contributed by atoms with van der Waals surface area (Å²) in [5.74, 6) is 0.992. The van der Waals surface area contributed by atoms with Crippen LogP contribution in [-0.4, -0.2) is 31.4 Å². The van der Waals surface area contributed by atoms with Crippen LogP contribution in [0.2, 0.25) is 0 Å². The van der Waals surface area contributed by atoms with Gasteiger partial charge in [0.1, 0.15) is 23.2 Å². The summed E-state index contributed by atoms with van der Waals surface area (Å²) in [5.41, 5.74) is 2.67. The summed E-state index contributed by atoms with van der Waals surface area (Å²) in [6.07, 6.45) is 0.823. The van der Waals surface area contributed by atoms with E-state index in [1.807, 2.05) is 50.2 Å². The first-order chi connectivity index (χ1) is 17.4. The van der Waals surface area contributed by atoms with Gasteiger partial charge < -0.3 is 24.3 Å². The van der Waals surface area contributed by atoms with Gasteiger partial charge in [-0.05, 0) is 68.3 Å². The third-order valence-electron chi connectivity index (χ3n) is 6.34. The summed E-state index contributed by atoms with van der Waals surface area (Å²) in [4.78, 5) is 13.1. The average Bonchev–Trinajstić information content (AvgIpc) is 2.89. The van der Waals surface area contributed by atoms with E-state index < -0.39 is 23.8 Å². The molecule has 1 aliphatic heterocycles. The van der Waals surface area contributed by atoms with Crippen LogP contribution in [0.25, 0.3) is 0 Å².